The summed E-state index contributed by atoms with van der Waals surface area (Å²) in [6.45, 7) is 2.30. The molecule has 8 aromatic rings. The molecule has 264 valence electrons. The topological polar surface area (TPSA) is 38.1 Å². The molecule has 3 aliphatic rings. The lowest BCUT2D eigenvalue weighted by Gasteiger charge is -2.30. The van der Waals surface area contributed by atoms with Gasteiger partial charge in [0.25, 0.3) is 0 Å². The Morgan fingerprint density at radius 3 is 1.79 bits per heavy atom. The van der Waals surface area contributed by atoms with Gasteiger partial charge in [0.15, 0.2) is 5.82 Å². The summed E-state index contributed by atoms with van der Waals surface area (Å²) in [6.07, 6.45) is 3.82. The van der Waals surface area contributed by atoms with E-state index in [9.17, 15) is 0 Å². The SMILES string of the molecule is C/C1=C(/c2ccc(-c3ccccc3)cc2)c2ccccc2/N=C(/c2cccc3c2-c2ccccc2C32c3ccccc3-c3nc(-c4ccccc4)ncc32)CC1. The molecule has 2 aliphatic carbocycles. The van der Waals surface area contributed by atoms with Crippen molar-refractivity contribution in [2.45, 2.75) is 25.2 Å². The fourth-order valence-corrected chi connectivity index (χ4v) is 9.60. The normalized spacial score (nSPS) is 18.5. The number of fused-ring (bicyclic) bond motifs is 11. The zero-order valence-electron chi connectivity index (χ0n) is 31.1. The summed E-state index contributed by atoms with van der Waals surface area (Å²) in [6, 6.07) is 63.2. The van der Waals surface area contributed by atoms with Crippen molar-refractivity contribution in [3.63, 3.8) is 0 Å². The molecule has 0 radical (unpaired) electrons. The number of para-hydroxylation sites is 1. The molecule has 11 rings (SSSR count). The second kappa shape index (κ2) is 12.8. The molecule has 0 amide bonds. The maximum Gasteiger partial charge on any atom is 0.159 e. The predicted molar refractivity (Wildman–Crippen MR) is 229 cm³/mol. The minimum atomic E-state index is -0.544. The van der Waals surface area contributed by atoms with Crippen LogP contribution in [0.2, 0.25) is 0 Å². The van der Waals surface area contributed by atoms with Crippen LogP contribution in [0.3, 0.4) is 0 Å². The van der Waals surface area contributed by atoms with Gasteiger partial charge in [-0.3, -0.25) is 4.99 Å². The van der Waals surface area contributed by atoms with Gasteiger partial charge < -0.3 is 0 Å². The van der Waals surface area contributed by atoms with E-state index in [1.165, 1.54) is 66.8 Å². The van der Waals surface area contributed by atoms with E-state index in [0.717, 1.165) is 52.4 Å². The monoisotopic (exact) mass is 715 g/mol. The second-order valence-electron chi connectivity index (χ2n) is 15.1. The molecule has 0 saturated heterocycles. The number of aliphatic imine (C=N–C) groups is 1. The molecule has 2 heterocycles. The average molecular weight is 716 g/mol. The number of hydrogen-bond acceptors (Lipinski definition) is 3. The van der Waals surface area contributed by atoms with Gasteiger partial charge in [-0.1, -0.05) is 175 Å². The molecule has 7 aromatic carbocycles. The lowest BCUT2D eigenvalue weighted by Crippen LogP contribution is -2.26. The summed E-state index contributed by atoms with van der Waals surface area (Å²) in [5.41, 5.74) is 20.9. The van der Waals surface area contributed by atoms with Gasteiger partial charge in [0.2, 0.25) is 0 Å². The molecular formula is C53H37N3. The summed E-state index contributed by atoms with van der Waals surface area (Å²) in [5.74, 6) is 0.744. The zero-order chi connectivity index (χ0) is 37.2. The van der Waals surface area contributed by atoms with Gasteiger partial charge in [0.05, 0.1) is 16.8 Å². The number of aromatic nitrogens is 2. The number of allylic oxidation sites excluding steroid dienone is 1. The largest absolute Gasteiger partial charge is 0.252 e. The molecule has 1 aliphatic heterocycles. The van der Waals surface area contributed by atoms with Crippen molar-refractivity contribution in [1.29, 1.82) is 0 Å². The Morgan fingerprint density at radius 2 is 1.02 bits per heavy atom. The number of hydrogen-bond donors (Lipinski definition) is 0. The third-order valence-electron chi connectivity index (χ3n) is 12.1. The highest BCUT2D eigenvalue weighted by molar-refractivity contribution is 6.11. The van der Waals surface area contributed by atoms with Crippen molar-refractivity contribution in [3.05, 3.63) is 227 Å². The molecule has 3 nitrogen and oxygen atoms in total. The first kappa shape index (κ1) is 32.5. The summed E-state index contributed by atoms with van der Waals surface area (Å²) < 4.78 is 0. The molecule has 1 unspecified atom stereocenters. The maximum atomic E-state index is 5.60. The Morgan fingerprint density at radius 1 is 0.446 bits per heavy atom. The van der Waals surface area contributed by atoms with Crippen LogP contribution < -0.4 is 0 Å². The minimum absolute atomic E-state index is 0.544. The highest BCUT2D eigenvalue weighted by atomic mass is 14.9. The molecule has 1 spiro atoms. The molecule has 0 bridgehead atoms. The maximum absolute atomic E-state index is 5.60. The van der Waals surface area contributed by atoms with Crippen LogP contribution in [0.15, 0.2) is 193 Å². The van der Waals surface area contributed by atoms with E-state index >= 15 is 0 Å². The van der Waals surface area contributed by atoms with Gasteiger partial charge in [-0.2, -0.15) is 0 Å². The van der Waals surface area contributed by atoms with Crippen LogP contribution in [-0.2, 0) is 5.41 Å². The molecule has 0 saturated carbocycles. The summed E-state index contributed by atoms with van der Waals surface area (Å²) in [7, 11) is 0. The Kier molecular flexibility index (Phi) is 7.43. The molecule has 56 heavy (non-hydrogen) atoms. The standard InChI is InChI=1S/C53H37N3/c1-34-27-32-48(55-47-26-13-10-21-41(47)49(34)37-30-28-36(29-31-37)35-15-4-2-5-16-35)42-22-14-25-45-50(42)39-19-8-11-23-43(39)53(45)44-24-12-9-20-40(44)51-46(53)33-54-52(56-51)38-17-6-3-7-18-38/h2-26,28-31,33H,27,32H2,1H3/b49-34+,55-48+. The van der Waals surface area contributed by atoms with Crippen LogP contribution >= 0.6 is 0 Å². The summed E-state index contributed by atoms with van der Waals surface area (Å²) >= 11 is 0. The lowest BCUT2D eigenvalue weighted by molar-refractivity contribution is 0.785. The molecule has 0 N–H and O–H groups in total. The van der Waals surface area contributed by atoms with Crippen LogP contribution in [0.25, 0.3) is 50.5 Å². The first-order valence-electron chi connectivity index (χ1n) is 19.5. The number of rotatable bonds is 4. The van der Waals surface area contributed by atoms with E-state index in [4.69, 9.17) is 15.0 Å². The van der Waals surface area contributed by atoms with Crippen molar-refractivity contribution < 1.29 is 0 Å². The third kappa shape index (κ3) is 4.80. The average Bonchev–Trinajstić information content (AvgIpc) is 3.73. The van der Waals surface area contributed by atoms with Gasteiger partial charge in [-0.05, 0) is 75.9 Å². The van der Waals surface area contributed by atoms with E-state index < -0.39 is 5.41 Å². The van der Waals surface area contributed by atoms with Gasteiger partial charge in [0, 0.05) is 39.7 Å². The fourth-order valence-electron chi connectivity index (χ4n) is 9.60. The Labute approximate surface area is 327 Å². The van der Waals surface area contributed by atoms with E-state index in [-0.39, 0.29) is 0 Å². The number of benzene rings is 7. The first-order chi connectivity index (χ1) is 27.7. The molecule has 3 heteroatoms. The Balaban J connectivity index is 1.08. The minimum Gasteiger partial charge on any atom is -0.252 e. The van der Waals surface area contributed by atoms with Gasteiger partial charge in [-0.25, -0.2) is 9.97 Å². The summed E-state index contributed by atoms with van der Waals surface area (Å²) in [4.78, 5) is 16.0. The van der Waals surface area contributed by atoms with Crippen LogP contribution in [0, 0.1) is 0 Å². The summed E-state index contributed by atoms with van der Waals surface area (Å²) in [5, 5.41) is 0. The van der Waals surface area contributed by atoms with E-state index in [1.807, 2.05) is 18.2 Å². The van der Waals surface area contributed by atoms with Crippen LogP contribution in [-0.4, -0.2) is 15.7 Å². The van der Waals surface area contributed by atoms with Gasteiger partial charge in [0.1, 0.15) is 0 Å². The van der Waals surface area contributed by atoms with E-state index in [0.29, 0.717) is 0 Å². The van der Waals surface area contributed by atoms with Crippen molar-refractivity contribution in [2.75, 3.05) is 0 Å². The lowest BCUT2D eigenvalue weighted by atomic mass is 9.71. The van der Waals surface area contributed by atoms with Crippen molar-refractivity contribution in [1.82, 2.24) is 9.97 Å². The highest BCUT2D eigenvalue weighted by Gasteiger charge is 2.53. The second-order valence-corrected chi connectivity index (χ2v) is 15.1. The quantitative estimate of drug-likeness (QED) is 0.182. The highest BCUT2D eigenvalue weighted by Crippen LogP contribution is 2.63. The van der Waals surface area contributed by atoms with Crippen molar-refractivity contribution in [3.8, 4) is 44.9 Å². The van der Waals surface area contributed by atoms with Gasteiger partial charge >= 0.3 is 0 Å². The van der Waals surface area contributed by atoms with E-state index in [2.05, 4.69) is 171 Å². The molecule has 1 aromatic heterocycles. The van der Waals surface area contributed by atoms with Gasteiger partial charge in [-0.15, -0.1) is 0 Å². The van der Waals surface area contributed by atoms with Crippen molar-refractivity contribution in [2.24, 2.45) is 4.99 Å². The fraction of sp³-hybridized carbons (Fsp3) is 0.0755. The Hall–Kier alpha value is -6.97. The van der Waals surface area contributed by atoms with Crippen molar-refractivity contribution >= 4 is 17.0 Å². The van der Waals surface area contributed by atoms with Crippen LogP contribution in [0.5, 0.6) is 0 Å². The number of nitrogens with zero attached hydrogens (tertiary/aromatic N) is 3. The molecule has 1 atom stereocenters. The Bertz CT molecular complexity index is 2900. The van der Waals surface area contributed by atoms with Crippen LogP contribution in [0.4, 0.5) is 5.69 Å². The van der Waals surface area contributed by atoms with E-state index in [1.54, 1.807) is 0 Å². The zero-order valence-corrected chi connectivity index (χ0v) is 31.1. The van der Waals surface area contributed by atoms with Crippen LogP contribution in [0.1, 0.15) is 58.7 Å². The molecular weight excluding hydrogens is 679 g/mol. The predicted octanol–water partition coefficient (Wildman–Crippen LogP) is 12.9. The first-order valence-corrected chi connectivity index (χ1v) is 19.5. The third-order valence-corrected chi connectivity index (χ3v) is 12.1. The smallest absolute Gasteiger partial charge is 0.159 e. The molecule has 0 fully saturated rings.